The van der Waals surface area contributed by atoms with Crippen LogP contribution in [0.5, 0.6) is 0 Å². The molecule has 6 heteroatoms. The van der Waals surface area contributed by atoms with Gasteiger partial charge in [-0.2, -0.15) is 0 Å². The Labute approximate surface area is 173 Å². The number of rotatable bonds is 8. The van der Waals surface area contributed by atoms with Gasteiger partial charge in [-0.1, -0.05) is 36.4 Å². The fourth-order valence-electron chi connectivity index (χ4n) is 3.48. The molecule has 1 amide bonds. The van der Waals surface area contributed by atoms with Crippen LogP contribution in [0.25, 0.3) is 0 Å². The van der Waals surface area contributed by atoms with Gasteiger partial charge in [0.25, 0.3) is 0 Å². The molecule has 1 heterocycles. The lowest BCUT2D eigenvalue weighted by molar-refractivity contribution is 0.1000. The summed E-state index contributed by atoms with van der Waals surface area (Å²) in [5, 5.41) is 6.63. The number of aliphatic imine (C=N–C) groups is 1. The molecule has 6 nitrogen and oxygen atoms in total. The smallest absolute Gasteiger partial charge is 0.248 e. The molecule has 0 unspecified atom stereocenters. The van der Waals surface area contributed by atoms with Gasteiger partial charge in [-0.15, -0.1) is 0 Å². The van der Waals surface area contributed by atoms with Gasteiger partial charge in [0.2, 0.25) is 5.91 Å². The number of carbonyl (C=O) groups is 1. The summed E-state index contributed by atoms with van der Waals surface area (Å²) in [7, 11) is 0. The number of amides is 1. The highest BCUT2D eigenvalue weighted by molar-refractivity contribution is 5.92. The molecule has 1 saturated heterocycles. The molecule has 1 aliphatic heterocycles. The summed E-state index contributed by atoms with van der Waals surface area (Å²) in [4.78, 5) is 18.5. The Hall–Kier alpha value is -2.86. The molecule has 2 aromatic carbocycles. The minimum Gasteiger partial charge on any atom is -0.366 e. The van der Waals surface area contributed by atoms with E-state index in [1.54, 1.807) is 12.1 Å². The van der Waals surface area contributed by atoms with Crippen LogP contribution in [-0.2, 0) is 19.6 Å². The van der Waals surface area contributed by atoms with Crippen molar-refractivity contribution >= 4 is 11.9 Å². The molecule has 29 heavy (non-hydrogen) atoms. The van der Waals surface area contributed by atoms with Crippen molar-refractivity contribution < 1.29 is 4.79 Å². The van der Waals surface area contributed by atoms with Crippen LogP contribution in [0.4, 0.5) is 0 Å². The lowest BCUT2D eigenvalue weighted by Crippen LogP contribution is -2.36. The van der Waals surface area contributed by atoms with E-state index in [1.165, 1.54) is 37.1 Å². The topological polar surface area (TPSA) is 82.7 Å². The number of nitrogens with two attached hydrogens (primary N) is 1. The van der Waals surface area contributed by atoms with E-state index in [0.29, 0.717) is 18.7 Å². The number of hydrogen-bond donors (Lipinski definition) is 3. The summed E-state index contributed by atoms with van der Waals surface area (Å²) >= 11 is 0. The first-order chi connectivity index (χ1) is 14.1. The summed E-state index contributed by atoms with van der Waals surface area (Å²) in [6, 6.07) is 16.1. The van der Waals surface area contributed by atoms with Gasteiger partial charge >= 0.3 is 0 Å². The zero-order valence-electron chi connectivity index (χ0n) is 17.2. The van der Waals surface area contributed by atoms with Crippen molar-refractivity contribution in [1.82, 2.24) is 15.5 Å². The lowest BCUT2D eigenvalue weighted by atomic mass is 10.1. The van der Waals surface area contributed by atoms with Gasteiger partial charge < -0.3 is 16.4 Å². The maximum Gasteiger partial charge on any atom is 0.248 e. The largest absolute Gasteiger partial charge is 0.366 e. The first-order valence-corrected chi connectivity index (χ1v) is 10.3. The number of primary amides is 1. The second kappa shape index (κ2) is 10.6. The molecule has 1 aliphatic rings. The van der Waals surface area contributed by atoms with E-state index in [2.05, 4.69) is 44.8 Å². The normalized spacial score (nSPS) is 14.7. The van der Waals surface area contributed by atoms with Crippen LogP contribution in [0, 0.1) is 0 Å². The molecule has 3 rings (SSSR count). The Balaban J connectivity index is 1.55. The van der Waals surface area contributed by atoms with Gasteiger partial charge in [-0.05, 0) is 61.7 Å². The van der Waals surface area contributed by atoms with Crippen LogP contribution in [0.15, 0.2) is 53.5 Å². The molecule has 1 fully saturated rings. The third-order valence-electron chi connectivity index (χ3n) is 5.06. The second-order valence-electron chi connectivity index (χ2n) is 7.41. The Kier molecular flexibility index (Phi) is 7.64. The molecule has 0 spiro atoms. The molecule has 154 valence electrons. The fraction of sp³-hybridized carbons (Fsp3) is 0.391. The first-order valence-electron chi connectivity index (χ1n) is 10.3. The first kappa shape index (κ1) is 20.9. The van der Waals surface area contributed by atoms with Crippen LogP contribution in [-0.4, -0.2) is 36.4 Å². The summed E-state index contributed by atoms with van der Waals surface area (Å²) in [6.07, 6.45) is 2.64. The number of hydrogen-bond acceptors (Lipinski definition) is 3. The summed E-state index contributed by atoms with van der Waals surface area (Å²) in [5.74, 6) is 0.326. The molecular weight excluding hydrogens is 362 g/mol. The number of nitrogens with one attached hydrogen (secondary N) is 2. The van der Waals surface area contributed by atoms with Crippen LogP contribution in [0.1, 0.15) is 46.8 Å². The van der Waals surface area contributed by atoms with Crippen molar-refractivity contribution in [3.8, 4) is 0 Å². The van der Waals surface area contributed by atoms with Gasteiger partial charge in [0.15, 0.2) is 5.96 Å². The van der Waals surface area contributed by atoms with Gasteiger partial charge in [0, 0.05) is 25.2 Å². The zero-order chi connectivity index (χ0) is 20.5. The van der Waals surface area contributed by atoms with E-state index < -0.39 is 5.91 Å². The SMILES string of the molecule is CCNC(=NCc1cccc(C(N)=O)c1)NCc1ccc(CN2CCCC2)cc1. The fourth-order valence-corrected chi connectivity index (χ4v) is 3.48. The standard InChI is InChI=1S/C23H31N5O/c1-2-25-23(27-16-20-6-5-7-21(14-20)22(24)29)26-15-18-8-10-19(11-9-18)17-28-12-3-4-13-28/h5-11,14H,2-4,12-13,15-17H2,1H3,(H2,24,29)(H2,25,26,27). The molecular formula is C23H31N5O. The highest BCUT2D eigenvalue weighted by Gasteiger charge is 2.11. The second-order valence-corrected chi connectivity index (χ2v) is 7.41. The Morgan fingerprint density at radius 2 is 1.76 bits per heavy atom. The molecule has 2 aromatic rings. The van der Waals surface area contributed by atoms with E-state index in [0.717, 1.165) is 24.6 Å². The van der Waals surface area contributed by atoms with Crippen LogP contribution in [0.3, 0.4) is 0 Å². The van der Waals surface area contributed by atoms with E-state index in [-0.39, 0.29) is 0 Å². The molecule has 0 radical (unpaired) electrons. The van der Waals surface area contributed by atoms with Crippen LogP contribution < -0.4 is 16.4 Å². The van der Waals surface area contributed by atoms with Crippen molar-refractivity contribution in [1.29, 1.82) is 0 Å². The number of nitrogens with zero attached hydrogens (tertiary/aromatic N) is 2. The van der Waals surface area contributed by atoms with Gasteiger partial charge in [-0.25, -0.2) is 4.99 Å². The number of carbonyl (C=O) groups excluding carboxylic acids is 1. The highest BCUT2D eigenvalue weighted by Crippen LogP contribution is 2.13. The summed E-state index contributed by atoms with van der Waals surface area (Å²) in [5.41, 5.74) is 9.39. The molecule has 0 aliphatic carbocycles. The summed E-state index contributed by atoms with van der Waals surface area (Å²) < 4.78 is 0. The minimum absolute atomic E-state index is 0.422. The zero-order valence-corrected chi connectivity index (χ0v) is 17.2. The predicted molar refractivity (Wildman–Crippen MR) is 118 cm³/mol. The van der Waals surface area contributed by atoms with E-state index in [4.69, 9.17) is 5.73 Å². The molecule has 0 saturated carbocycles. The number of benzene rings is 2. The minimum atomic E-state index is -0.422. The van der Waals surface area contributed by atoms with Crippen molar-refractivity contribution in [3.05, 3.63) is 70.8 Å². The third-order valence-corrected chi connectivity index (χ3v) is 5.06. The highest BCUT2D eigenvalue weighted by atomic mass is 16.1. The summed E-state index contributed by atoms with van der Waals surface area (Å²) in [6.45, 7) is 7.48. The van der Waals surface area contributed by atoms with Gasteiger partial charge in [0.1, 0.15) is 0 Å². The maximum absolute atomic E-state index is 11.3. The van der Waals surface area contributed by atoms with E-state index >= 15 is 0 Å². The quantitative estimate of drug-likeness (QED) is 0.476. The average Bonchev–Trinajstić information content (AvgIpc) is 3.24. The van der Waals surface area contributed by atoms with Crippen LogP contribution in [0.2, 0.25) is 0 Å². The maximum atomic E-state index is 11.3. The van der Waals surface area contributed by atoms with Crippen molar-refractivity contribution in [2.45, 2.75) is 39.4 Å². The predicted octanol–water partition coefficient (Wildman–Crippen LogP) is 2.64. The lowest BCUT2D eigenvalue weighted by Gasteiger charge is -2.15. The number of likely N-dealkylation sites (tertiary alicyclic amines) is 1. The van der Waals surface area contributed by atoms with Crippen molar-refractivity contribution in [3.63, 3.8) is 0 Å². The number of guanidine groups is 1. The average molecular weight is 394 g/mol. The van der Waals surface area contributed by atoms with Gasteiger partial charge in [0.05, 0.1) is 6.54 Å². The molecule has 0 aromatic heterocycles. The van der Waals surface area contributed by atoms with Gasteiger partial charge in [-0.3, -0.25) is 9.69 Å². The Morgan fingerprint density at radius 1 is 1.03 bits per heavy atom. The molecule has 0 bridgehead atoms. The monoisotopic (exact) mass is 393 g/mol. The molecule has 4 N–H and O–H groups in total. The van der Waals surface area contributed by atoms with Crippen molar-refractivity contribution in [2.75, 3.05) is 19.6 Å². The van der Waals surface area contributed by atoms with E-state index in [9.17, 15) is 4.79 Å². The third kappa shape index (κ3) is 6.61. The van der Waals surface area contributed by atoms with Crippen LogP contribution >= 0.6 is 0 Å². The van der Waals surface area contributed by atoms with Crippen molar-refractivity contribution in [2.24, 2.45) is 10.7 Å². The Bertz CT molecular complexity index is 825. The Morgan fingerprint density at radius 3 is 2.45 bits per heavy atom. The molecule has 0 atom stereocenters. The van der Waals surface area contributed by atoms with E-state index in [1.807, 2.05) is 19.1 Å².